The lowest BCUT2D eigenvalue weighted by molar-refractivity contribution is -0.121. The van der Waals surface area contributed by atoms with Gasteiger partial charge in [-0.2, -0.15) is 5.10 Å². The van der Waals surface area contributed by atoms with E-state index in [0.29, 0.717) is 28.5 Å². The van der Waals surface area contributed by atoms with Crippen molar-refractivity contribution in [2.75, 3.05) is 31.5 Å². The average molecular weight is 503 g/mol. The molecule has 0 radical (unpaired) electrons. The second-order valence-corrected chi connectivity index (χ2v) is 8.08. The van der Waals surface area contributed by atoms with Gasteiger partial charge in [0.15, 0.2) is 5.82 Å². The standard InChI is InChI=1S/C22H25ClFN5O.2ClH/c23-17-3-1-4-18(24)20(17)15-5-6-19-16(13-15)21(28-27-19)26-22(30)14-7-11-29(12-8-14)10-2-9-25;;/h1,3-6,13-14H,2,7-12,25H2,(H2,26,27,28,30);2*1H. The maximum absolute atomic E-state index is 14.3. The molecule has 6 nitrogen and oxygen atoms in total. The van der Waals surface area contributed by atoms with Crippen LogP contribution in [0.5, 0.6) is 0 Å². The largest absolute Gasteiger partial charge is 0.330 e. The predicted octanol–water partition coefficient (Wildman–Crippen LogP) is 4.87. The highest BCUT2D eigenvalue weighted by atomic mass is 35.5. The summed E-state index contributed by atoms with van der Waals surface area (Å²) >= 11 is 6.21. The molecule has 0 saturated carbocycles. The molecule has 1 aliphatic heterocycles. The number of likely N-dealkylation sites (tertiary alicyclic amines) is 1. The number of amides is 1. The van der Waals surface area contributed by atoms with Crippen molar-refractivity contribution in [2.45, 2.75) is 19.3 Å². The number of fused-ring (bicyclic) bond motifs is 1. The van der Waals surface area contributed by atoms with Gasteiger partial charge in [-0.3, -0.25) is 9.89 Å². The SMILES string of the molecule is Cl.Cl.NCCCN1CCC(C(=O)Nc2n[nH]c3ccc(-c4c(F)cccc4Cl)cc23)CC1. The summed E-state index contributed by atoms with van der Waals surface area (Å²) in [4.78, 5) is 15.2. The zero-order valence-electron chi connectivity index (χ0n) is 17.4. The van der Waals surface area contributed by atoms with Gasteiger partial charge < -0.3 is 16.0 Å². The maximum Gasteiger partial charge on any atom is 0.228 e. The summed E-state index contributed by atoms with van der Waals surface area (Å²) in [6.07, 6.45) is 2.61. The summed E-state index contributed by atoms with van der Waals surface area (Å²) in [5, 5.41) is 11.2. The molecular weight excluding hydrogens is 476 g/mol. The number of H-pyrrole nitrogens is 1. The molecule has 4 N–H and O–H groups in total. The number of aromatic nitrogens is 2. The van der Waals surface area contributed by atoms with Gasteiger partial charge in [0.25, 0.3) is 0 Å². The Labute approximate surface area is 203 Å². The Kier molecular flexibility index (Phi) is 9.73. The molecule has 1 aliphatic rings. The van der Waals surface area contributed by atoms with Crippen LogP contribution in [0, 0.1) is 11.7 Å². The van der Waals surface area contributed by atoms with Crippen LogP contribution in [0.3, 0.4) is 0 Å². The Balaban J connectivity index is 0.00000181. The number of nitrogens with one attached hydrogen (secondary N) is 2. The van der Waals surface area contributed by atoms with Crippen molar-refractivity contribution in [3.63, 3.8) is 0 Å². The molecule has 174 valence electrons. The molecule has 3 aromatic rings. The molecule has 0 spiro atoms. The van der Waals surface area contributed by atoms with E-state index in [1.807, 2.05) is 6.07 Å². The number of carbonyl (C=O) groups is 1. The molecule has 1 fully saturated rings. The van der Waals surface area contributed by atoms with Crippen LogP contribution in [0.15, 0.2) is 36.4 Å². The fraction of sp³-hybridized carbons (Fsp3) is 0.364. The molecule has 4 rings (SSSR count). The number of piperidine rings is 1. The first kappa shape index (κ1) is 26.4. The molecule has 0 aliphatic carbocycles. The molecular formula is C22H27Cl3FN5O. The van der Waals surface area contributed by atoms with Gasteiger partial charge in [-0.1, -0.05) is 23.7 Å². The summed E-state index contributed by atoms with van der Waals surface area (Å²) in [6.45, 7) is 3.47. The van der Waals surface area contributed by atoms with Gasteiger partial charge >= 0.3 is 0 Å². The van der Waals surface area contributed by atoms with Gasteiger partial charge in [0.05, 0.1) is 10.5 Å². The van der Waals surface area contributed by atoms with Gasteiger partial charge in [0.1, 0.15) is 5.82 Å². The van der Waals surface area contributed by atoms with E-state index in [-0.39, 0.29) is 36.6 Å². The van der Waals surface area contributed by atoms with Crippen molar-refractivity contribution in [2.24, 2.45) is 11.7 Å². The second-order valence-electron chi connectivity index (χ2n) is 7.68. The van der Waals surface area contributed by atoms with Crippen molar-refractivity contribution in [3.05, 3.63) is 47.2 Å². The van der Waals surface area contributed by atoms with Crippen LogP contribution in [0.2, 0.25) is 5.02 Å². The number of rotatable bonds is 6. The highest BCUT2D eigenvalue weighted by molar-refractivity contribution is 6.33. The minimum Gasteiger partial charge on any atom is -0.330 e. The minimum atomic E-state index is -0.391. The van der Waals surface area contributed by atoms with Crippen LogP contribution in [-0.2, 0) is 4.79 Å². The number of aromatic amines is 1. The van der Waals surface area contributed by atoms with Crippen molar-refractivity contribution < 1.29 is 9.18 Å². The molecule has 0 atom stereocenters. The molecule has 10 heteroatoms. The number of hydrogen-bond acceptors (Lipinski definition) is 4. The Morgan fingerprint density at radius 3 is 2.69 bits per heavy atom. The highest BCUT2D eigenvalue weighted by Gasteiger charge is 2.25. The number of nitrogens with zero attached hydrogens (tertiary/aromatic N) is 2. The molecule has 2 aromatic carbocycles. The van der Waals surface area contributed by atoms with Gasteiger partial charge in [0, 0.05) is 16.9 Å². The lowest BCUT2D eigenvalue weighted by Gasteiger charge is -2.30. The lowest BCUT2D eigenvalue weighted by Crippen LogP contribution is -2.39. The van der Waals surface area contributed by atoms with Crippen molar-refractivity contribution in [1.29, 1.82) is 0 Å². The van der Waals surface area contributed by atoms with Crippen LogP contribution in [0.4, 0.5) is 10.2 Å². The van der Waals surface area contributed by atoms with Crippen molar-refractivity contribution >= 4 is 59.0 Å². The van der Waals surface area contributed by atoms with Gasteiger partial charge in [-0.05, 0) is 75.3 Å². The lowest BCUT2D eigenvalue weighted by atomic mass is 9.95. The maximum atomic E-state index is 14.3. The number of carbonyl (C=O) groups excluding carboxylic acids is 1. The molecule has 32 heavy (non-hydrogen) atoms. The first-order valence-corrected chi connectivity index (χ1v) is 10.6. The van der Waals surface area contributed by atoms with E-state index in [9.17, 15) is 9.18 Å². The summed E-state index contributed by atoms with van der Waals surface area (Å²) in [5.74, 6) is -0.0153. The van der Waals surface area contributed by atoms with Crippen LogP contribution in [-0.4, -0.2) is 47.2 Å². The number of hydrogen-bond donors (Lipinski definition) is 3. The van der Waals surface area contributed by atoms with E-state index in [1.165, 1.54) is 6.07 Å². The number of anilines is 1. The first-order chi connectivity index (χ1) is 14.6. The Bertz CT molecular complexity index is 1030. The van der Waals surface area contributed by atoms with Crippen molar-refractivity contribution in [1.82, 2.24) is 15.1 Å². The monoisotopic (exact) mass is 501 g/mol. The zero-order valence-corrected chi connectivity index (χ0v) is 19.8. The van der Waals surface area contributed by atoms with Crippen LogP contribution in [0.1, 0.15) is 19.3 Å². The zero-order chi connectivity index (χ0) is 21.1. The molecule has 1 saturated heterocycles. The van der Waals surface area contributed by atoms with E-state index in [1.54, 1.807) is 24.3 Å². The van der Waals surface area contributed by atoms with Crippen LogP contribution < -0.4 is 11.1 Å². The third-order valence-corrected chi connectivity index (χ3v) is 6.01. The third-order valence-electron chi connectivity index (χ3n) is 5.69. The topological polar surface area (TPSA) is 87.0 Å². The predicted molar refractivity (Wildman–Crippen MR) is 132 cm³/mol. The molecule has 0 unspecified atom stereocenters. The highest BCUT2D eigenvalue weighted by Crippen LogP contribution is 2.34. The first-order valence-electron chi connectivity index (χ1n) is 10.2. The number of benzene rings is 2. The fourth-order valence-electron chi connectivity index (χ4n) is 3.99. The smallest absolute Gasteiger partial charge is 0.228 e. The van der Waals surface area contributed by atoms with E-state index in [2.05, 4.69) is 20.4 Å². The Morgan fingerprint density at radius 1 is 1.25 bits per heavy atom. The summed E-state index contributed by atoms with van der Waals surface area (Å²) in [7, 11) is 0. The Morgan fingerprint density at radius 2 is 2.00 bits per heavy atom. The fourth-order valence-corrected chi connectivity index (χ4v) is 4.26. The minimum absolute atomic E-state index is 0. The summed E-state index contributed by atoms with van der Waals surface area (Å²) in [5.41, 5.74) is 7.31. The van der Waals surface area contributed by atoms with Gasteiger partial charge in [-0.15, -0.1) is 24.8 Å². The summed E-state index contributed by atoms with van der Waals surface area (Å²) in [6, 6.07) is 10.0. The Hall–Kier alpha value is -1.90. The van der Waals surface area contributed by atoms with E-state index in [4.69, 9.17) is 17.3 Å². The molecule has 2 heterocycles. The number of halogens is 4. The molecule has 1 aromatic heterocycles. The quantitative estimate of drug-likeness (QED) is 0.449. The van der Waals surface area contributed by atoms with Gasteiger partial charge in [-0.25, -0.2) is 4.39 Å². The molecule has 0 bridgehead atoms. The average Bonchev–Trinajstić information content (AvgIpc) is 3.14. The van der Waals surface area contributed by atoms with Gasteiger partial charge in [0.2, 0.25) is 5.91 Å². The van der Waals surface area contributed by atoms with E-state index >= 15 is 0 Å². The van der Waals surface area contributed by atoms with Crippen molar-refractivity contribution in [3.8, 4) is 11.1 Å². The van der Waals surface area contributed by atoms with E-state index in [0.717, 1.165) is 49.8 Å². The number of nitrogens with two attached hydrogens (primary N) is 1. The second kappa shape index (κ2) is 11.8. The third kappa shape index (κ3) is 5.71. The normalized spacial score (nSPS) is 14.6. The van der Waals surface area contributed by atoms with E-state index < -0.39 is 5.82 Å². The van der Waals surface area contributed by atoms with Crippen LogP contribution in [0.25, 0.3) is 22.0 Å². The summed E-state index contributed by atoms with van der Waals surface area (Å²) < 4.78 is 14.3. The molecule has 1 amide bonds. The van der Waals surface area contributed by atoms with Crippen LogP contribution >= 0.6 is 36.4 Å².